The van der Waals surface area contributed by atoms with Crippen LogP contribution in [0.4, 0.5) is 14.5 Å². The number of anilines is 1. The molecule has 0 unspecified atom stereocenters. The molecule has 1 saturated carbocycles. The number of Topliss-reactive ketones (excluding diaryl/α,β-unsaturated/α-hetero) is 1. The lowest BCUT2D eigenvalue weighted by atomic mass is 9.93. The molecule has 0 atom stereocenters. The smallest absolute Gasteiger partial charge is 0.337 e. The molecule has 0 spiro atoms. The van der Waals surface area contributed by atoms with Crippen LogP contribution < -0.4 is 10.6 Å². The lowest BCUT2D eigenvalue weighted by Gasteiger charge is -2.37. The molecule has 0 radical (unpaired) electrons. The van der Waals surface area contributed by atoms with Gasteiger partial charge in [0.1, 0.15) is 11.5 Å². The van der Waals surface area contributed by atoms with Gasteiger partial charge in [0.25, 0.3) is 0 Å². The number of alkyl halides is 1. The van der Waals surface area contributed by atoms with Gasteiger partial charge in [0, 0.05) is 61.7 Å². The van der Waals surface area contributed by atoms with Crippen LogP contribution in [0.1, 0.15) is 41.6 Å². The molecule has 10 heteroatoms. The van der Waals surface area contributed by atoms with Crippen molar-refractivity contribution in [3.63, 3.8) is 0 Å². The van der Waals surface area contributed by atoms with Crippen LogP contribution >= 0.6 is 11.6 Å². The standard InChI is InChI=1S/C29H30ClF2N3O4/c1-34-14-20(28(37)38)19-8-7-18(13-24(19)34)35-11-9-29(32,10-12-35)16-39-15-21(27(36)17-5-6-17)26(33)25-22(30)3-2-4-23(25)31/h2-4,7-8,13-14,17H,5-6,9-12,15-16,33H2,1H3,(H,37,38). The van der Waals surface area contributed by atoms with Gasteiger partial charge in [-0.25, -0.2) is 13.6 Å². The molecule has 5 rings (SSSR count). The molecule has 1 aliphatic heterocycles. The Morgan fingerprint density at radius 2 is 1.92 bits per heavy atom. The number of aryl methyl sites for hydroxylation is 1. The molecule has 7 nitrogen and oxygen atoms in total. The first-order valence-electron chi connectivity index (χ1n) is 12.9. The third kappa shape index (κ3) is 5.51. The van der Waals surface area contributed by atoms with Gasteiger partial charge >= 0.3 is 5.97 Å². The van der Waals surface area contributed by atoms with Gasteiger partial charge < -0.3 is 25.0 Å². The van der Waals surface area contributed by atoms with E-state index in [0.29, 0.717) is 18.5 Å². The number of hydrogen-bond acceptors (Lipinski definition) is 5. The van der Waals surface area contributed by atoms with Crippen molar-refractivity contribution >= 4 is 45.6 Å². The van der Waals surface area contributed by atoms with Gasteiger partial charge in [0.15, 0.2) is 5.78 Å². The summed E-state index contributed by atoms with van der Waals surface area (Å²) >= 11 is 6.17. The Bertz CT molecular complexity index is 1450. The van der Waals surface area contributed by atoms with Crippen molar-refractivity contribution in [3.8, 4) is 0 Å². The van der Waals surface area contributed by atoms with E-state index in [1.165, 1.54) is 18.2 Å². The summed E-state index contributed by atoms with van der Waals surface area (Å²) in [6.07, 6.45) is 3.47. The van der Waals surface area contributed by atoms with Gasteiger partial charge in [-0.3, -0.25) is 4.79 Å². The molecule has 2 aromatic carbocycles. The van der Waals surface area contributed by atoms with Crippen LogP contribution in [-0.4, -0.2) is 53.4 Å². The third-order valence-electron chi connectivity index (χ3n) is 7.64. The summed E-state index contributed by atoms with van der Waals surface area (Å²) in [6, 6.07) is 9.73. The number of aromatic carboxylic acids is 1. The number of carbonyl (C=O) groups excluding carboxylic acids is 1. The van der Waals surface area contributed by atoms with Crippen LogP contribution in [0.25, 0.3) is 16.6 Å². The Morgan fingerprint density at radius 1 is 1.21 bits per heavy atom. The molecule has 0 amide bonds. The van der Waals surface area contributed by atoms with Gasteiger partial charge in [-0.05, 0) is 43.2 Å². The molecule has 3 N–H and O–H groups in total. The third-order valence-corrected chi connectivity index (χ3v) is 7.95. The van der Waals surface area contributed by atoms with Crippen LogP contribution in [0, 0.1) is 11.7 Å². The fourth-order valence-electron chi connectivity index (χ4n) is 5.17. The van der Waals surface area contributed by atoms with Crippen molar-refractivity contribution < 1.29 is 28.2 Å². The van der Waals surface area contributed by atoms with Gasteiger partial charge in [0.05, 0.1) is 40.6 Å². The lowest BCUT2D eigenvalue weighted by Crippen LogP contribution is -2.44. The number of carboxylic acid groups (broad SMARTS) is 1. The zero-order valence-corrected chi connectivity index (χ0v) is 22.3. The molecule has 1 aromatic heterocycles. The molecular weight excluding hydrogens is 528 g/mol. The molecule has 1 saturated heterocycles. The molecule has 2 aliphatic rings. The van der Waals surface area contributed by atoms with Crippen molar-refractivity contribution in [3.05, 3.63) is 70.1 Å². The quantitative estimate of drug-likeness (QED) is 0.345. The number of nitrogens with two attached hydrogens (primary N) is 1. The minimum atomic E-state index is -1.60. The predicted molar refractivity (Wildman–Crippen MR) is 146 cm³/mol. The number of piperidine rings is 1. The molecular formula is C29H30ClF2N3O4. The van der Waals surface area contributed by atoms with Crippen molar-refractivity contribution in [2.75, 3.05) is 31.2 Å². The normalized spacial score (nSPS) is 17.8. The number of carbonyl (C=O) groups is 2. The highest BCUT2D eigenvalue weighted by atomic mass is 35.5. The summed E-state index contributed by atoms with van der Waals surface area (Å²) in [6.45, 7) is 0.438. The fourth-order valence-corrected chi connectivity index (χ4v) is 5.43. The number of halogens is 3. The summed E-state index contributed by atoms with van der Waals surface area (Å²) in [7, 11) is 1.79. The Morgan fingerprint density at radius 3 is 2.56 bits per heavy atom. The number of nitrogens with zero attached hydrogens (tertiary/aromatic N) is 2. The Hall–Kier alpha value is -3.43. The molecule has 39 heavy (non-hydrogen) atoms. The fraction of sp³-hybridized carbons (Fsp3) is 0.379. The number of rotatable bonds is 9. The molecule has 206 valence electrons. The second kappa shape index (κ2) is 10.6. The van der Waals surface area contributed by atoms with Gasteiger partial charge in [-0.15, -0.1) is 0 Å². The van der Waals surface area contributed by atoms with E-state index < -0.39 is 17.5 Å². The van der Waals surface area contributed by atoms with Crippen LogP contribution in [0.15, 0.2) is 48.2 Å². The van der Waals surface area contributed by atoms with E-state index in [1.54, 1.807) is 23.9 Å². The summed E-state index contributed by atoms with van der Waals surface area (Å²) in [4.78, 5) is 26.5. The number of ketones is 1. The zero-order chi connectivity index (χ0) is 27.9. The van der Waals surface area contributed by atoms with Crippen molar-refractivity contribution in [1.29, 1.82) is 0 Å². The number of hydrogen-bond donors (Lipinski definition) is 2. The Kier molecular flexibility index (Phi) is 7.39. The van der Waals surface area contributed by atoms with E-state index in [-0.39, 0.29) is 65.2 Å². The maximum absolute atomic E-state index is 15.7. The van der Waals surface area contributed by atoms with E-state index in [4.69, 9.17) is 22.1 Å². The highest BCUT2D eigenvalue weighted by Gasteiger charge is 2.37. The molecule has 2 heterocycles. The molecule has 1 aliphatic carbocycles. The summed E-state index contributed by atoms with van der Waals surface area (Å²) < 4.78 is 37.7. The number of aromatic nitrogens is 1. The van der Waals surface area contributed by atoms with E-state index >= 15 is 4.39 Å². The van der Waals surface area contributed by atoms with Crippen LogP contribution in [-0.2, 0) is 16.6 Å². The van der Waals surface area contributed by atoms with Crippen molar-refractivity contribution in [2.45, 2.75) is 31.4 Å². The number of carboxylic acids is 1. The number of benzene rings is 2. The topological polar surface area (TPSA) is 97.8 Å². The zero-order valence-electron chi connectivity index (χ0n) is 21.6. The van der Waals surface area contributed by atoms with Gasteiger partial charge in [-0.1, -0.05) is 17.7 Å². The van der Waals surface area contributed by atoms with Crippen molar-refractivity contribution in [1.82, 2.24) is 4.57 Å². The first-order chi connectivity index (χ1) is 18.6. The summed E-state index contributed by atoms with van der Waals surface area (Å²) in [5.74, 6) is -2.01. The predicted octanol–water partition coefficient (Wildman–Crippen LogP) is 5.34. The van der Waals surface area contributed by atoms with Crippen LogP contribution in [0.5, 0.6) is 0 Å². The van der Waals surface area contributed by atoms with Crippen LogP contribution in [0.3, 0.4) is 0 Å². The maximum atomic E-state index is 15.7. The summed E-state index contributed by atoms with van der Waals surface area (Å²) in [5.41, 5.74) is 6.57. The molecule has 0 bridgehead atoms. The first-order valence-corrected chi connectivity index (χ1v) is 13.3. The van der Waals surface area contributed by atoms with Gasteiger partial charge in [-0.2, -0.15) is 0 Å². The number of fused-ring (bicyclic) bond motifs is 1. The Labute approximate surface area is 229 Å². The highest BCUT2D eigenvalue weighted by Crippen LogP contribution is 2.36. The first kappa shape index (κ1) is 27.1. The highest BCUT2D eigenvalue weighted by molar-refractivity contribution is 6.32. The van der Waals surface area contributed by atoms with Gasteiger partial charge in [0.2, 0.25) is 0 Å². The number of ether oxygens (including phenoxy) is 1. The van der Waals surface area contributed by atoms with Crippen molar-refractivity contribution in [2.24, 2.45) is 18.7 Å². The van der Waals surface area contributed by atoms with E-state index in [1.807, 2.05) is 12.1 Å². The second-order valence-corrected chi connectivity index (χ2v) is 10.8. The van der Waals surface area contributed by atoms with E-state index in [9.17, 15) is 19.1 Å². The van der Waals surface area contributed by atoms with Crippen LogP contribution in [0.2, 0.25) is 5.02 Å². The Balaban J connectivity index is 1.25. The average molecular weight is 558 g/mol. The SMILES string of the molecule is Cn1cc(C(=O)O)c2ccc(N3CCC(F)(COCC(C(=O)C4CC4)=C(N)c4c(F)cccc4Cl)CC3)cc21. The monoisotopic (exact) mass is 557 g/mol. The minimum absolute atomic E-state index is 0.0410. The van der Waals surface area contributed by atoms with E-state index in [0.717, 1.165) is 24.0 Å². The molecule has 3 aromatic rings. The minimum Gasteiger partial charge on any atom is -0.478 e. The average Bonchev–Trinajstić information content (AvgIpc) is 3.70. The largest absolute Gasteiger partial charge is 0.478 e. The maximum Gasteiger partial charge on any atom is 0.337 e. The van der Waals surface area contributed by atoms with E-state index in [2.05, 4.69) is 4.90 Å². The lowest BCUT2D eigenvalue weighted by molar-refractivity contribution is -0.117. The molecule has 2 fully saturated rings. The second-order valence-electron chi connectivity index (χ2n) is 10.4. The summed E-state index contributed by atoms with van der Waals surface area (Å²) in [5, 5.41) is 10.2.